The van der Waals surface area contributed by atoms with Gasteiger partial charge in [0.1, 0.15) is 5.00 Å². The fraction of sp³-hybridized carbons (Fsp3) is 0.278. The minimum absolute atomic E-state index is 0.0820. The van der Waals surface area contributed by atoms with Gasteiger partial charge < -0.3 is 15.0 Å². The molecule has 0 radical (unpaired) electrons. The van der Waals surface area contributed by atoms with E-state index in [-0.39, 0.29) is 22.0 Å². The number of amides is 2. The lowest BCUT2D eigenvalue weighted by molar-refractivity contribution is -0.129. The first-order chi connectivity index (χ1) is 12.8. The van der Waals surface area contributed by atoms with Crippen LogP contribution in [0.25, 0.3) is 0 Å². The number of halogens is 2. The Hall–Kier alpha value is -2.81. The summed E-state index contributed by atoms with van der Waals surface area (Å²) >= 11 is 1.16. The maximum Gasteiger partial charge on any atom is 0.341 e. The summed E-state index contributed by atoms with van der Waals surface area (Å²) in [5.74, 6) is -3.57. The first kappa shape index (κ1) is 19.0. The van der Waals surface area contributed by atoms with Crippen LogP contribution in [-0.2, 0) is 22.5 Å². The third-order valence-corrected chi connectivity index (χ3v) is 5.43. The Labute approximate surface area is 157 Å². The molecule has 0 bridgehead atoms. The Morgan fingerprint density at radius 3 is 2.59 bits per heavy atom. The highest BCUT2D eigenvalue weighted by Crippen LogP contribution is 2.38. The molecule has 0 spiro atoms. The van der Waals surface area contributed by atoms with Crippen LogP contribution < -0.4 is 5.32 Å². The fourth-order valence-electron chi connectivity index (χ4n) is 2.89. The van der Waals surface area contributed by atoms with E-state index in [1.807, 2.05) is 0 Å². The van der Waals surface area contributed by atoms with E-state index < -0.39 is 23.5 Å². The van der Waals surface area contributed by atoms with E-state index in [2.05, 4.69) is 5.32 Å². The highest BCUT2D eigenvalue weighted by molar-refractivity contribution is 7.17. The number of ether oxygens (including phenoxy) is 1. The number of thiophene rings is 1. The van der Waals surface area contributed by atoms with E-state index in [1.165, 1.54) is 14.0 Å². The van der Waals surface area contributed by atoms with Crippen LogP contribution in [0.3, 0.4) is 0 Å². The average molecular weight is 394 g/mol. The molecule has 1 aromatic heterocycles. The van der Waals surface area contributed by atoms with Crippen molar-refractivity contribution in [3.8, 4) is 0 Å². The molecule has 0 saturated heterocycles. The van der Waals surface area contributed by atoms with Gasteiger partial charge in [-0.3, -0.25) is 9.59 Å². The van der Waals surface area contributed by atoms with Crippen molar-refractivity contribution in [2.45, 2.75) is 19.9 Å². The number of carbonyl (C=O) groups excluding carboxylic acids is 3. The van der Waals surface area contributed by atoms with Crippen molar-refractivity contribution >= 4 is 34.1 Å². The number of benzene rings is 1. The maximum atomic E-state index is 13.4. The number of esters is 1. The molecule has 2 aromatic rings. The van der Waals surface area contributed by atoms with Gasteiger partial charge in [0.05, 0.1) is 19.2 Å². The van der Waals surface area contributed by atoms with E-state index >= 15 is 0 Å². The standard InChI is InChI=1S/C18H16F2N2O4S/c1-9(23)22-6-5-11-14(8-22)27-17(15(11)18(25)26-2)21-16(24)10-3-4-12(19)13(20)7-10/h3-4,7H,5-6,8H2,1-2H3,(H,21,24). The average Bonchev–Trinajstić information content (AvgIpc) is 3.00. The summed E-state index contributed by atoms with van der Waals surface area (Å²) in [4.78, 5) is 38.7. The number of fused-ring (bicyclic) bond motifs is 1. The zero-order valence-corrected chi connectivity index (χ0v) is 15.4. The lowest BCUT2D eigenvalue weighted by atomic mass is 10.0. The van der Waals surface area contributed by atoms with Crippen LogP contribution in [0.1, 0.15) is 38.1 Å². The molecule has 0 saturated carbocycles. The monoisotopic (exact) mass is 394 g/mol. The van der Waals surface area contributed by atoms with Crippen molar-refractivity contribution in [3.63, 3.8) is 0 Å². The fourth-order valence-corrected chi connectivity index (χ4v) is 4.14. The minimum atomic E-state index is -1.14. The number of nitrogens with one attached hydrogen (secondary N) is 1. The molecule has 6 nitrogen and oxygen atoms in total. The second-order valence-electron chi connectivity index (χ2n) is 5.97. The lowest BCUT2D eigenvalue weighted by Gasteiger charge is -2.25. The van der Waals surface area contributed by atoms with Crippen molar-refractivity contribution < 1.29 is 27.9 Å². The van der Waals surface area contributed by atoms with Crippen molar-refractivity contribution in [1.82, 2.24) is 4.90 Å². The summed E-state index contributed by atoms with van der Waals surface area (Å²) in [5, 5.41) is 2.83. The molecule has 1 aromatic carbocycles. The molecule has 2 heterocycles. The summed E-state index contributed by atoms with van der Waals surface area (Å²) < 4.78 is 31.3. The lowest BCUT2D eigenvalue weighted by Crippen LogP contribution is -2.33. The number of anilines is 1. The van der Waals surface area contributed by atoms with Gasteiger partial charge in [0.25, 0.3) is 5.91 Å². The van der Waals surface area contributed by atoms with Gasteiger partial charge in [-0.2, -0.15) is 0 Å². The van der Waals surface area contributed by atoms with E-state index in [4.69, 9.17) is 4.74 Å². The molecule has 9 heteroatoms. The first-order valence-corrected chi connectivity index (χ1v) is 8.88. The number of methoxy groups -OCH3 is 1. The molecule has 27 heavy (non-hydrogen) atoms. The Bertz CT molecular complexity index is 942. The zero-order chi connectivity index (χ0) is 19.7. The van der Waals surface area contributed by atoms with Gasteiger partial charge in [0.2, 0.25) is 5.91 Å². The van der Waals surface area contributed by atoms with Crippen molar-refractivity contribution in [1.29, 1.82) is 0 Å². The van der Waals surface area contributed by atoms with Gasteiger partial charge in [0, 0.05) is 23.9 Å². The number of carbonyl (C=O) groups is 3. The van der Waals surface area contributed by atoms with E-state index in [1.54, 1.807) is 4.90 Å². The molecule has 3 rings (SSSR count). The van der Waals surface area contributed by atoms with Crippen LogP contribution in [0.4, 0.5) is 13.8 Å². The molecule has 2 amide bonds. The van der Waals surface area contributed by atoms with Gasteiger partial charge >= 0.3 is 5.97 Å². The molecule has 0 unspecified atom stereocenters. The number of rotatable bonds is 3. The van der Waals surface area contributed by atoms with E-state index in [9.17, 15) is 23.2 Å². The number of hydrogen-bond donors (Lipinski definition) is 1. The molecule has 1 aliphatic rings. The van der Waals surface area contributed by atoms with E-state index in [0.717, 1.165) is 40.0 Å². The molecule has 0 fully saturated rings. The highest BCUT2D eigenvalue weighted by atomic mass is 32.1. The summed E-state index contributed by atoms with van der Waals surface area (Å²) in [5.41, 5.74) is 0.878. The van der Waals surface area contributed by atoms with Crippen LogP contribution in [0, 0.1) is 11.6 Å². The van der Waals surface area contributed by atoms with Crippen LogP contribution in [0.5, 0.6) is 0 Å². The molecule has 1 N–H and O–H groups in total. The first-order valence-electron chi connectivity index (χ1n) is 8.06. The van der Waals surface area contributed by atoms with Crippen molar-refractivity contribution in [2.24, 2.45) is 0 Å². The zero-order valence-electron chi connectivity index (χ0n) is 14.6. The molecule has 1 aliphatic heterocycles. The van der Waals surface area contributed by atoms with Gasteiger partial charge in [0.15, 0.2) is 11.6 Å². The van der Waals surface area contributed by atoms with Crippen LogP contribution in [0.2, 0.25) is 0 Å². The van der Waals surface area contributed by atoms with Gasteiger partial charge in [-0.15, -0.1) is 11.3 Å². The Balaban J connectivity index is 1.95. The smallest absolute Gasteiger partial charge is 0.341 e. The second kappa shape index (κ2) is 7.43. The predicted molar refractivity (Wildman–Crippen MR) is 94.8 cm³/mol. The Kier molecular flexibility index (Phi) is 5.22. The van der Waals surface area contributed by atoms with Crippen LogP contribution in [-0.4, -0.2) is 36.3 Å². The van der Waals surface area contributed by atoms with Crippen LogP contribution >= 0.6 is 11.3 Å². The maximum absolute atomic E-state index is 13.4. The minimum Gasteiger partial charge on any atom is -0.465 e. The topological polar surface area (TPSA) is 75.7 Å². The summed E-state index contributed by atoms with van der Waals surface area (Å²) in [7, 11) is 1.23. The quantitative estimate of drug-likeness (QED) is 0.813. The van der Waals surface area contributed by atoms with Crippen LogP contribution in [0.15, 0.2) is 18.2 Å². The third kappa shape index (κ3) is 3.68. The molecule has 0 aliphatic carbocycles. The second-order valence-corrected chi connectivity index (χ2v) is 7.08. The van der Waals surface area contributed by atoms with Gasteiger partial charge in [-0.1, -0.05) is 0 Å². The van der Waals surface area contributed by atoms with Crippen molar-refractivity contribution in [3.05, 3.63) is 51.4 Å². The molecule has 0 atom stereocenters. The van der Waals surface area contributed by atoms with Crippen molar-refractivity contribution in [2.75, 3.05) is 19.0 Å². The summed E-state index contributed by atoms with van der Waals surface area (Å²) in [6.45, 7) is 2.26. The van der Waals surface area contributed by atoms with Gasteiger partial charge in [-0.05, 0) is 30.2 Å². The summed E-state index contributed by atoms with van der Waals surface area (Å²) in [6, 6.07) is 2.79. The predicted octanol–water partition coefficient (Wildman–Crippen LogP) is 2.97. The SMILES string of the molecule is COC(=O)c1c(NC(=O)c2ccc(F)c(F)c2)sc2c1CCN(C(C)=O)C2. The summed E-state index contributed by atoms with van der Waals surface area (Å²) in [6.07, 6.45) is 0.455. The molecule has 142 valence electrons. The van der Waals surface area contributed by atoms with E-state index in [0.29, 0.717) is 19.5 Å². The van der Waals surface area contributed by atoms with Gasteiger partial charge in [-0.25, -0.2) is 13.6 Å². The highest BCUT2D eigenvalue weighted by Gasteiger charge is 2.30. The molecular formula is C18H16F2N2O4S. The number of hydrogen-bond acceptors (Lipinski definition) is 5. The molecular weight excluding hydrogens is 378 g/mol. The Morgan fingerprint density at radius 2 is 1.96 bits per heavy atom. The normalized spacial score (nSPS) is 13.1. The third-order valence-electron chi connectivity index (χ3n) is 4.30. The Morgan fingerprint density at radius 1 is 1.22 bits per heavy atom. The number of nitrogens with zero attached hydrogens (tertiary/aromatic N) is 1. The largest absolute Gasteiger partial charge is 0.465 e.